The van der Waals surface area contributed by atoms with Crippen LogP contribution in [0.25, 0.3) is 0 Å². The largest absolute Gasteiger partial charge is 0.268 e. The average molecular weight is 283 g/mol. The Morgan fingerprint density at radius 3 is 2.39 bits per heavy atom. The van der Waals surface area contributed by atoms with Gasteiger partial charge in [0.25, 0.3) is 10.0 Å². The van der Waals surface area contributed by atoms with Crippen molar-refractivity contribution in [3.05, 3.63) is 48.7 Å². The molecule has 18 heavy (non-hydrogen) atoms. The van der Waals surface area contributed by atoms with Crippen molar-refractivity contribution in [2.75, 3.05) is 5.75 Å². The molecular formula is C12H13NO3S2. The van der Waals surface area contributed by atoms with Gasteiger partial charge >= 0.3 is 0 Å². The minimum absolute atomic E-state index is 0.190. The van der Waals surface area contributed by atoms with Crippen molar-refractivity contribution in [2.45, 2.75) is 16.8 Å². The summed E-state index contributed by atoms with van der Waals surface area (Å²) in [6.45, 7) is 1.75. The molecule has 96 valence electrons. The predicted octanol–water partition coefficient (Wildman–Crippen LogP) is 1.85. The third kappa shape index (κ3) is 2.26. The van der Waals surface area contributed by atoms with Crippen molar-refractivity contribution < 1.29 is 12.6 Å². The van der Waals surface area contributed by atoms with Gasteiger partial charge in [-0.05, 0) is 24.3 Å². The van der Waals surface area contributed by atoms with E-state index < -0.39 is 20.8 Å². The summed E-state index contributed by atoms with van der Waals surface area (Å²) in [5, 5.41) is 0.307. The molecule has 0 saturated carbocycles. The summed E-state index contributed by atoms with van der Waals surface area (Å²) in [5.41, 5.74) is 0. The molecule has 0 spiro atoms. The van der Waals surface area contributed by atoms with Gasteiger partial charge in [0.2, 0.25) is 0 Å². The molecule has 0 aliphatic heterocycles. The van der Waals surface area contributed by atoms with Gasteiger partial charge < -0.3 is 0 Å². The van der Waals surface area contributed by atoms with Crippen LogP contribution in [0.15, 0.2) is 58.6 Å². The molecule has 0 saturated heterocycles. The van der Waals surface area contributed by atoms with Gasteiger partial charge in [0.15, 0.2) is 0 Å². The van der Waals surface area contributed by atoms with Crippen molar-refractivity contribution in [3.8, 4) is 0 Å². The van der Waals surface area contributed by atoms with E-state index in [0.717, 1.165) is 3.97 Å². The minimum Gasteiger partial charge on any atom is -0.253 e. The van der Waals surface area contributed by atoms with E-state index in [1.165, 1.54) is 18.3 Å². The lowest BCUT2D eigenvalue weighted by Crippen LogP contribution is -2.15. The highest BCUT2D eigenvalue weighted by Crippen LogP contribution is 2.18. The lowest BCUT2D eigenvalue weighted by molar-refractivity contribution is 0.582. The SMILES string of the molecule is CCS(=O)c1cccn1S(=O)(=O)c1ccccc1. The van der Waals surface area contributed by atoms with E-state index in [2.05, 4.69) is 0 Å². The van der Waals surface area contributed by atoms with Gasteiger partial charge in [0.05, 0.1) is 15.7 Å². The highest BCUT2D eigenvalue weighted by Gasteiger charge is 2.20. The maximum Gasteiger partial charge on any atom is 0.268 e. The van der Waals surface area contributed by atoms with E-state index in [4.69, 9.17) is 0 Å². The number of aromatic nitrogens is 1. The summed E-state index contributed by atoms with van der Waals surface area (Å²) >= 11 is 0. The molecule has 6 heteroatoms. The summed E-state index contributed by atoms with van der Waals surface area (Å²) in [6.07, 6.45) is 1.42. The van der Waals surface area contributed by atoms with Crippen molar-refractivity contribution in [1.29, 1.82) is 0 Å². The summed E-state index contributed by atoms with van der Waals surface area (Å²) in [6, 6.07) is 11.3. The first-order valence-electron chi connectivity index (χ1n) is 5.43. The molecule has 0 amide bonds. The van der Waals surface area contributed by atoms with E-state index in [1.54, 1.807) is 37.3 Å². The van der Waals surface area contributed by atoms with Crippen LogP contribution in [0.3, 0.4) is 0 Å². The van der Waals surface area contributed by atoms with Gasteiger partial charge in [0.1, 0.15) is 5.03 Å². The van der Waals surface area contributed by atoms with Crippen LogP contribution in [0, 0.1) is 0 Å². The fourth-order valence-electron chi connectivity index (χ4n) is 1.58. The standard InChI is InChI=1S/C12H13NO3S2/c1-2-17(14)12-9-6-10-13(12)18(15,16)11-7-4-3-5-8-11/h3-10H,2H2,1H3. The molecule has 1 aromatic carbocycles. The highest BCUT2D eigenvalue weighted by atomic mass is 32.2. The number of rotatable bonds is 4. The monoisotopic (exact) mass is 283 g/mol. The first kappa shape index (κ1) is 13.0. The van der Waals surface area contributed by atoms with Crippen LogP contribution in [0.5, 0.6) is 0 Å². The minimum atomic E-state index is -3.66. The van der Waals surface area contributed by atoms with E-state index >= 15 is 0 Å². The Labute approximate surface area is 109 Å². The number of nitrogens with zero attached hydrogens (tertiary/aromatic N) is 1. The van der Waals surface area contributed by atoms with Gasteiger partial charge in [0, 0.05) is 11.9 Å². The van der Waals surface area contributed by atoms with Crippen LogP contribution in [0.2, 0.25) is 0 Å². The van der Waals surface area contributed by atoms with Gasteiger partial charge in [-0.3, -0.25) is 4.21 Å². The molecule has 0 radical (unpaired) electrons. The zero-order valence-corrected chi connectivity index (χ0v) is 11.4. The molecule has 1 heterocycles. The molecule has 1 atom stereocenters. The summed E-state index contributed by atoms with van der Waals surface area (Å²) in [7, 11) is -4.97. The normalized spacial score (nSPS) is 13.4. The Bertz CT molecular complexity index is 660. The number of benzene rings is 1. The zero-order valence-electron chi connectivity index (χ0n) is 9.81. The Hall–Kier alpha value is -1.40. The molecule has 0 aliphatic rings. The lowest BCUT2D eigenvalue weighted by Gasteiger charge is -2.09. The van der Waals surface area contributed by atoms with Gasteiger partial charge in [-0.15, -0.1) is 0 Å². The van der Waals surface area contributed by atoms with Crippen LogP contribution in [0.4, 0.5) is 0 Å². The molecule has 0 N–H and O–H groups in total. The van der Waals surface area contributed by atoms with E-state index in [9.17, 15) is 12.6 Å². The van der Waals surface area contributed by atoms with E-state index in [-0.39, 0.29) is 4.90 Å². The quantitative estimate of drug-likeness (QED) is 0.860. The zero-order chi connectivity index (χ0) is 13.2. The molecule has 2 aromatic rings. The fraction of sp³-hybridized carbons (Fsp3) is 0.167. The van der Waals surface area contributed by atoms with Gasteiger partial charge in [-0.25, -0.2) is 12.4 Å². The molecule has 0 bridgehead atoms. The molecule has 1 aromatic heterocycles. The first-order chi connectivity index (χ1) is 8.57. The van der Waals surface area contributed by atoms with Gasteiger partial charge in [-0.1, -0.05) is 25.1 Å². The lowest BCUT2D eigenvalue weighted by atomic mass is 10.4. The Morgan fingerprint density at radius 1 is 1.11 bits per heavy atom. The second kappa shape index (κ2) is 5.07. The topological polar surface area (TPSA) is 56.1 Å². The van der Waals surface area contributed by atoms with Crippen LogP contribution in [-0.2, 0) is 20.8 Å². The van der Waals surface area contributed by atoms with Crippen molar-refractivity contribution in [2.24, 2.45) is 0 Å². The second-order valence-electron chi connectivity index (χ2n) is 3.59. The molecular weight excluding hydrogens is 270 g/mol. The molecule has 1 unspecified atom stereocenters. The third-order valence-corrected chi connectivity index (χ3v) is 5.62. The maximum absolute atomic E-state index is 12.4. The predicted molar refractivity (Wildman–Crippen MR) is 70.4 cm³/mol. The summed E-state index contributed by atoms with van der Waals surface area (Å²) in [4.78, 5) is 0.190. The smallest absolute Gasteiger partial charge is 0.253 e. The molecule has 0 fully saturated rings. The van der Waals surface area contributed by atoms with Crippen LogP contribution in [0.1, 0.15) is 6.92 Å². The third-order valence-electron chi connectivity index (χ3n) is 2.47. The fourth-order valence-corrected chi connectivity index (χ4v) is 4.17. The molecule has 4 nitrogen and oxygen atoms in total. The molecule has 2 rings (SSSR count). The summed E-state index contributed by atoms with van der Waals surface area (Å²) in [5.74, 6) is 0.383. The molecule has 0 aliphatic carbocycles. The first-order valence-corrected chi connectivity index (χ1v) is 8.19. The Kier molecular flexibility index (Phi) is 3.68. The van der Waals surface area contributed by atoms with E-state index in [1.807, 2.05) is 0 Å². The average Bonchev–Trinajstić information content (AvgIpc) is 2.89. The van der Waals surface area contributed by atoms with E-state index in [0.29, 0.717) is 10.8 Å². The second-order valence-corrected chi connectivity index (χ2v) is 7.10. The number of hydrogen-bond donors (Lipinski definition) is 0. The van der Waals surface area contributed by atoms with Crippen LogP contribution < -0.4 is 0 Å². The van der Waals surface area contributed by atoms with Gasteiger partial charge in [-0.2, -0.15) is 0 Å². The summed E-state index contributed by atoms with van der Waals surface area (Å²) < 4.78 is 37.6. The van der Waals surface area contributed by atoms with Crippen molar-refractivity contribution in [1.82, 2.24) is 3.97 Å². The van der Waals surface area contributed by atoms with Crippen molar-refractivity contribution >= 4 is 20.8 Å². The number of hydrogen-bond acceptors (Lipinski definition) is 3. The Morgan fingerprint density at radius 2 is 1.78 bits per heavy atom. The van der Waals surface area contributed by atoms with Crippen LogP contribution >= 0.6 is 0 Å². The highest BCUT2D eigenvalue weighted by molar-refractivity contribution is 7.91. The maximum atomic E-state index is 12.4. The Balaban J connectivity index is 2.56. The van der Waals surface area contributed by atoms with Crippen molar-refractivity contribution in [3.63, 3.8) is 0 Å². The van der Waals surface area contributed by atoms with Crippen LogP contribution in [-0.4, -0.2) is 22.4 Å².